The zero-order chi connectivity index (χ0) is 12.4. The van der Waals surface area contributed by atoms with Crippen LogP contribution in [0.15, 0.2) is 42.5 Å². The maximum absolute atomic E-state index is 6.00. The van der Waals surface area contributed by atoms with Crippen LogP contribution in [0, 0.1) is 13.8 Å². The van der Waals surface area contributed by atoms with Crippen LogP contribution in [0.2, 0.25) is 0 Å². The molecule has 0 unspecified atom stereocenters. The smallest absolute Gasteiger partial charge is 0.0641 e. The first-order valence-electron chi connectivity index (χ1n) is 5.75. The Morgan fingerprint density at radius 2 is 1.65 bits per heavy atom. The molecule has 0 radical (unpaired) electrons. The van der Waals surface area contributed by atoms with Crippen LogP contribution in [-0.2, 0) is 0 Å². The summed E-state index contributed by atoms with van der Waals surface area (Å²) in [5.74, 6) is 0. The second-order valence-corrected chi connectivity index (χ2v) is 4.41. The predicted octanol–water partition coefficient (Wildman–Crippen LogP) is 3.65. The Hall–Kier alpha value is -1.96. The van der Waals surface area contributed by atoms with Gasteiger partial charge in [-0.2, -0.15) is 0 Å². The van der Waals surface area contributed by atoms with Crippen LogP contribution < -0.4 is 10.6 Å². The van der Waals surface area contributed by atoms with Crippen molar-refractivity contribution in [3.63, 3.8) is 0 Å². The van der Waals surface area contributed by atoms with E-state index in [2.05, 4.69) is 36.9 Å². The lowest BCUT2D eigenvalue weighted by molar-refractivity contribution is 1.18. The third kappa shape index (κ3) is 2.26. The van der Waals surface area contributed by atoms with E-state index in [1.807, 2.05) is 31.3 Å². The summed E-state index contributed by atoms with van der Waals surface area (Å²) in [7, 11) is 2.04. The van der Waals surface area contributed by atoms with E-state index in [0.717, 1.165) is 11.4 Å². The zero-order valence-corrected chi connectivity index (χ0v) is 10.6. The van der Waals surface area contributed by atoms with E-state index >= 15 is 0 Å². The molecule has 0 saturated heterocycles. The molecule has 88 valence electrons. The van der Waals surface area contributed by atoms with Crippen molar-refractivity contribution in [2.75, 3.05) is 17.7 Å². The second-order valence-electron chi connectivity index (χ2n) is 4.41. The van der Waals surface area contributed by atoms with Crippen LogP contribution in [0.5, 0.6) is 0 Å². The summed E-state index contributed by atoms with van der Waals surface area (Å²) in [4.78, 5) is 2.13. The number of rotatable bonds is 2. The standard InChI is InChI=1S/C15H18N2/c1-11-8-9-14(12(2)10-11)17(3)15-7-5-4-6-13(15)16/h4-10H,16H2,1-3H3. The number of hydrogen-bond donors (Lipinski definition) is 1. The highest BCUT2D eigenvalue weighted by Crippen LogP contribution is 2.30. The minimum Gasteiger partial charge on any atom is -0.397 e. The molecule has 0 spiro atoms. The van der Waals surface area contributed by atoms with Crippen LogP contribution in [0.1, 0.15) is 11.1 Å². The van der Waals surface area contributed by atoms with E-state index < -0.39 is 0 Å². The fourth-order valence-electron chi connectivity index (χ4n) is 2.10. The average Bonchev–Trinajstić information content (AvgIpc) is 2.29. The van der Waals surface area contributed by atoms with Crippen molar-refractivity contribution in [1.29, 1.82) is 0 Å². The maximum Gasteiger partial charge on any atom is 0.0641 e. The van der Waals surface area contributed by atoms with Gasteiger partial charge in [0.1, 0.15) is 0 Å². The van der Waals surface area contributed by atoms with E-state index in [0.29, 0.717) is 0 Å². The van der Waals surface area contributed by atoms with Gasteiger partial charge in [-0.3, -0.25) is 0 Å². The zero-order valence-electron chi connectivity index (χ0n) is 10.6. The normalized spacial score (nSPS) is 10.3. The number of anilines is 3. The molecule has 0 atom stereocenters. The van der Waals surface area contributed by atoms with E-state index in [1.165, 1.54) is 16.8 Å². The number of para-hydroxylation sites is 2. The van der Waals surface area contributed by atoms with Gasteiger partial charge in [-0.1, -0.05) is 29.8 Å². The van der Waals surface area contributed by atoms with Gasteiger partial charge in [0.25, 0.3) is 0 Å². The molecule has 2 heteroatoms. The van der Waals surface area contributed by atoms with Crippen LogP contribution in [0.4, 0.5) is 17.1 Å². The van der Waals surface area contributed by atoms with Crippen molar-refractivity contribution in [3.05, 3.63) is 53.6 Å². The quantitative estimate of drug-likeness (QED) is 0.792. The predicted molar refractivity (Wildman–Crippen MR) is 74.8 cm³/mol. The largest absolute Gasteiger partial charge is 0.397 e. The summed E-state index contributed by atoms with van der Waals surface area (Å²) in [6.07, 6.45) is 0. The number of hydrogen-bond acceptors (Lipinski definition) is 2. The van der Waals surface area contributed by atoms with Gasteiger partial charge in [0.15, 0.2) is 0 Å². The van der Waals surface area contributed by atoms with Gasteiger partial charge in [-0.25, -0.2) is 0 Å². The molecule has 0 bridgehead atoms. The Balaban J connectivity index is 2.44. The fraction of sp³-hybridized carbons (Fsp3) is 0.200. The lowest BCUT2D eigenvalue weighted by atomic mass is 10.1. The SMILES string of the molecule is Cc1ccc(N(C)c2ccccc2N)c(C)c1. The molecule has 2 aromatic carbocycles. The van der Waals surface area contributed by atoms with Gasteiger partial charge in [-0.15, -0.1) is 0 Å². The van der Waals surface area contributed by atoms with Crippen molar-refractivity contribution in [2.45, 2.75) is 13.8 Å². The molecule has 0 amide bonds. The Bertz CT molecular complexity index is 532. The minimum atomic E-state index is 0.801. The highest BCUT2D eigenvalue weighted by molar-refractivity contribution is 5.75. The number of nitrogens with zero attached hydrogens (tertiary/aromatic N) is 1. The molecule has 2 nitrogen and oxygen atoms in total. The molecule has 2 rings (SSSR count). The summed E-state index contributed by atoms with van der Waals surface area (Å²) >= 11 is 0. The van der Waals surface area contributed by atoms with Gasteiger partial charge in [-0.05, 0) is 37.6 Å². The van der Waals surface area contributed by atoms with E-state index in [4.69, 9.17) is 5.73 Å². The van der Waals surface area contributed by atoms with Crippen molar-refractivity contribution in [3.8, 4) is 0 Å². The number of nitrogen functional groups attached to an aromatic ring is 1. The van der Waals surface area contributed by atoms with Crippen LogP contribution in [0.3, 0.4) is 0 Å². The monoisotopic (exact) mass is 226 g/mol. The topological polar surface area (TPSA) is 29.3 Å². The van der Waals surface area contributed by atoms with E-state index in [-0.39, 0.29) is 0 Å². The highest BCUT2D eigenvalue weighted by atomic mass is 15.1. The Morgan fingerprint density at radius 1 is 0.941 bits per heavy atom. The molecule has 0 aromatic heterocycles. The average molecular weight is 226 g/mol. The van der Waals surface area contributed by atoms with Crippen molar-refractivity contribution >= 4 is 17.1 Å². The van der Waals surface area contributed by atoms with Gasteiger partial charge in [0, 0.05) is 12.7 Å². The summed E-state index contributed by atoms with van der Waals surface area (Å²) in [6.45, 7) is 4.23. The third-order valence-electron chi connectivity index (χ3n) is 3.01. The molecule has 0 heterocycles. The highest BCUT2D eigenvalue weighted by Gasteiger charge is 2.08. The third-order valence-corrected chi connectivity index (χ3v) is 3.01. The van der Waals surface area contributed by atoms with Crippen LogP contribution in [0.25, 0.3) is 0 Å². The van der Waals surface area contributed by atoms with Crippen LogP contribution in [-0.4, -0.2) is 7.05 Å². The molecule has 0 aliphatic carbocycles. The molecule has 0 saturated carbocycles. The first kappa shape index (κ1) is 11.5. The van der Waals surface area contributed by atoms with Crippen molar-refractivity contribution in [2.24, 2.45) is 0 Å². The first-order valence-corrected chi connectivity index (χ1v) is 5.75. The molecule has 2 aromatic rings. The van der Waals surface area contributed by atoms with Crippen molar-refractivity contribution < 1.29 is 0 Å². The lowest BCUT2D eigenvalue weighted by Gasteiger charge is -2.23. The molecule has 0 aliphatic heterocycles. The molecule has 17 heavy (non-hydrogen) atoms. The Kier molecular flexibility index (Phi) is 3.05. The number of aryl methyl sites for hydroxylation is 2. The van der Waals surface area contributed by atoms with Crippen molar-refractivity contribution in [1.82, 2.24) is 0 Å². The van der Waals surface area contributed by atoms with Gasteiger partial charge in [0.05, 0.1) is 11.4 Å². The first-order chi connectivity index (χ1) is 8.09. The number of benzene rings is 2. The van der Waals surface area contributed by atoms with Crippen LogP contribution >= 0.6 is 0 Å². The fourth-order valence-corrected chi connectivity index (χ4v) is 2.10. The molecule has 2 N–H and O–H groups in total. The summed E-state index contributed by atoms with van der Waals surface area (Å²) < 4.78 is 0. The maximum atomic E-state index is 6.00. The number of nitrogens with two attached hydrogens (primary N) is 1. The molecule has 0 aliphatic rings. The summed E-state index contributed by atoms with van der Waals surface area (Å²) in [5, 5.41) is 0. The Labute approximate surface area is 103 Å². The molecular weight excluding hydrogens is 208 g/mol. The lowest BCUT2D eigenvalue weighted by Crippen LogP contribution is -2.12. The van der Waals surface area contributed by atoms with Gasteiger partial charge < -0.3 is 10.6 Å². The Morgan fingerprint density at radius 3 is 2.29 bits per heavy atom. The van der Waals surface area contributed by atoms with E-state index in [1.54, 1.807) is 0 Å². The van der Waals surface area contributed by atoms with Gasteiger partial charge in [0.2, 0.25) is 0 Å². The second kappa shape index (κ2) is 4.50. The summed E-state index contributed by atoms with van der Waals surface area (Å²) in [6, 6.07) is 14.4. The molecule has 0 fully saturated rings. The van der Waals surface area contributed by atoms with Gasteiger partial charge >= 0.3 is 0 Å². The minimum absolute atomic E-state index is 0.801. The molecular formula is C15H18N2. The van der Waals surface area contributed by atoms with E-state index in [9.17, 15) is 0 Å². The summed E-state index contributed by atoms with van der Waals surface area (Å²) in [5.41, 5.74) is 11.6.